The lowest BCUT2D eigenvalue weighted by Crippen LogP contribution is -2.35. The molecular weight excluding hydrogens is 250 g/mol. The fourth-order valence-electron chi connectivity index (χ4n) is 2.34. The van der Waals surface area contributed by atoms with Gasteiger partial charge in [-0.2, -0.15) is 0 Å². The number of aryl methyl sites for hydroxylation is 1. The average Bonchev–Trinajstić information content (AvgIpc) is 2.68. The van der Waals surface area contributed by atoms with E-state index in [4.69, 9.17) is 5.11 Å². The van der Waals surface area contributed by atoms with Gasteiger partial charge < -0.3 is 15.3 Å². The lowest BCUT2D eigenvalue weighted by Gasteiger charge is -2.29. The molecular formula is C12H19N3O2S. The monoisotopic (exact) mass is 269 g/mol. The number of likely N-dealkylation sites (tertiary alicyclic amines) is 1. The van der Waals surface area contributed by atoms with Crippen molar-refractivity contribution in [3.8, 4) is 0 Å². The van der Waals surface area contributed by atoms with Gasteiger partial charge in [0.05, 0.1) is 0 Å². The van der Waals surface area contributed by atoms with Crippen molar-refractivity contribution in [2.45, 2.75) is 19.8 Å². The molecule has 1 aromatic rings. The Morgan fingerprint density at radius 3 is 3.06 bits per heavy atom. The zero-order chi connectivity index (χ0) is 13.1. The second-order valence-corrected chi connectivity index (χ2v) is 6.08. The fourth-order valence-corrected chi connectivity index (χ4v) is 3.15. The highest BCUT2D eigenvalue weighted by molar-refractivity contribution is 7.15. The van der Waals surface area contributed by atoms with Crippen LogP contribution in [0, 0.1) is 12.8 Å². The Balaban J connectivity index is 1.90. The van der Waals surface area contributed by atoms with Crippen LogP contribution in [0.1, 0.15) is 28.2 Å². The minimum Gasteiger partial charge on any atom is -0.476 e. The van der Waals surface area contributed by atoms with Crippen LogP contribution in [0.4, 0.5) is 5.13 Å². The van der Waals surface area contributed by atoms with E-state index in [1.807, 2.05) is 0 Å². The van der Waals surface area contributed by atoms with Gasteiger partial charge >= 0.3 is 5.97 Å². The molecule has 0 saturated carbocycles. The Hall–Kier alpha value is -1.14. The second-order valence-electron chi connectivity index (χ2n) is 4.88. The molecule has 1 atom stereocenters. The summed E-state index contributed by atoms with van der Waals surface area (Å²) >= 11 is 1.42. The van der Waals surface area contributed by atoms with Gasteiger partial charge in [0.15, 0.2) is 10.8 Å². The van der Waals surface area contributed by atoms with Gasteiger partial charge in [-0.1, -0.05) is 0 Å². The number of aromatic nitrogens is 1. The summed E-state index contributed by atoms with van der Waals surface area (Å²) in [6.45, 7) is 4.94. The van der Waals surface area contributed by atoms with Crippen LogP contribution in [-0.4, -0.2) is 47.6 Å². The smallest absolute Gasteiger partial charge is 0.355 e. The maximum atomic E-state index is 10.9. The van der Waals surface area contributed by atoms with Crippen LogP contribution in [0.25, 0.3) is 0 Å². The molecule has 1 aliphatic rings. The largest absolute Gasteiger partial charge is 0.476 e. The Morgan fingerprint density at radius 1 is 1.67 bits per heavy atom. The number of nitrogens with one attached hydrogen (secondary N) is 1. The maximum Gasteiger partial charge on any atom is 0.355 e. The van der Waals surface area contributed by atoms with Crippen molar-refractivity contribution in [2.75, 3.05) is 32.0 Å². The number of hydrogen-bond acceptors (Lipinski definition) is 5. The van der Waals surface area contributed by atoms with Gasteiger partial charge in [0.25, 0.3) is 0 Å². The molecule has 2 rings (SSSR count). The van der Waals surface area contributed by atoms with Gasteiger partial charge in [0, 0.05) is 18.0 Å². The first-order valence-electron chi connectivity index (χ1n) is 6.19. The molecule has 0 aromatic carbocycles. The molecule has 1 unspecified atom stereocenters. The second kappa shape index (κ2) is 5.67. The number of carbonyl (C=O) groups is 1. The molecule has 5 nitrogen and oxygen atoms in total. The summed E-state index contributed by atoms with van der Waals surface area (Å²) in [5, 5.41) is 12.9. The highest BCUT2D eigenvalue weighted by atomic mass is 32.1. The number of piperidine rings is 1. The highest BCUT2D eigenvalue weighted by Crippen LogP contribution is 2.23. The third-order valence-electron chi connectivity index (χ3n) is 3.26. The number of nitrogens with zero attached hydrogens (tertiary/aromatic N) is 2. The van der Waals surface area contributed by atoms with E-state index in [0.29, 0.717) is 5.92 Å². The molecule has 2 heterocycles. The third kappa shape index (κ3) is 3.20. The van der Waals surface area contributed by atoms with Gasteiger partial charge in [-0.15, -0.1) is 11.3 Å². The van der Waals surface area contributed by atoms with Crippen molar-refractivity contribution < 1.29 is 9.90 Å². The van der Waals surface area contributed by atoms with Crippen molar-refractivity contribution in [1.82, 2.24) is 9.88 Å². The summed E-state index contributed by atoms with van der Waals surface area (Å²) in [6.07, 6.45) is 2.47. The molecule has 0 aliphatic carbocycles. The van der Waals surface area contributed by atoms with Crippen LogP contribution in [0.2, 0.25) is 0 Å². The Labute approximate surface area is 111 Å². The predicted octanol–water partition coefficient (Wildman–Crippen LogP) is 1.90. The third-order valence-corrected chi connectivity index (χ3v) is 4.19. The summed E-state index contributed by atoms with van der Waals surface area (Å²) < 4.78 is 0. The summed E-state index contributed by atoms with van der Waals surface area (Å²) in [7, 11) is 2.14. The van der Waals surface area contributed by atoms with Gasteiger partial charge in [0.1, 0.15) is 0 Å². The average molecular weight is 269 g/mol. The zero-order valence-electron chi connectivity index (χ0n) is 10.8. The Morgan fingerprint density at radius 2 is 2.44 bits per heavy atom. The van der Waals surface area contributed by atoms with Crippen molar-refractivity contribution >= 4 is 22.4 Å². The summed E-state index contributed by atoms with van der Waals surface area (Å²) in [5.74, 6) is -0.324. The highest BCUT2D eigenvalue weighted by Gasteiger charge is 2.18. The van der Waals surface area contributed by atoms with Crippen LogP contribution in [0.5, 0.6) is 0 Å². The molecule has 1 fully saturated rings. The van der Waals surface area contributed by atoms with Crippen LogP contribution in [0.15, 0.2) is 0 Å². The minimum atomic E-state index is -0.950. The zero-order valence-corrected chi connectivity index (χ0v) is 11.6. The topological polar surface area (TPSA) is 65.5 Å². The van der Waals surface area contributed by atoms with Crippen LogP contribution in [0.3, 0.4) is 0 Å². The van der Waals surface area contributed by atoms with Gasteiger partial charge in [-0.05, 0) is 39.3 Å². The molecule has 2 N–H and O–H groups in total. The van der Waals surface area contributed by atoms with E-state index in [0.717, 1.165) is 23.1 Å². The molecule has 0 spiro atoms. The number of carboxylic acids is 1. The van der Waals surface area contributed by atoms with Crippen molar-refractivity contribution in [3.05, 3.63) is 10.6 Å². The first-order valence-corrected chi connectivity index (χ1v) is 7.01. The van der Waals surface area contributed by atoms with Gasteiger partial charge in [0.2, 0.25) is 0 Å². The SMILES string of the molecule is Cc1sc(NCC2CCCN(C)C2)nc1C(=O)O. The molecule has 6 heteroatoms. The van der Waals surface area contributed by atoms with E-state index in [9.17, 15) is 4.79 Å². The molecule has 1 saturated heterocycles. The molecule has 18 heavy (non-hydrogen) atoms. The van der Waals surface area contributed by atoms with Gasteiger partial charge in [-0.25, -0.2) is 9.78 Å². The van der Waals surface area contributed by atoms with E-state index in [1.165, 1.54) is 30.7 Å². The van der Waals surface area contributed by atoms with Crippen molar-refractivity contribution in [1.29, 1.82) is 0 Å². The van der Waals surface area contributed by atoms with Crippen molar-refractivity contribution in [2.24, 2.45) is 5.92 Å². The van der Waals surface area contributed by atoms with E-state index < -0.39 is 5.97 Å². The van der Waals surface area contributed by atoms with Crippen LogP contribution >= 0.6 is 11.3 Å². The molecule has 0 bridgehead atoms. The number of aromatic carboxylic acids is 1. The summed E-state index contributed by atoms with van der Waals surface area (Å²) in [4.78, 5) is 18.1. The molecule has 1 aliphatic heterocycles. The molecule has 0 radical (unpaired) electrons. The quantitative estimate of drug-likeness (QED) is 0.874. The Kier molecular flexibility index (Phi) is 4.19. The van der Waals surface area contributed by atoms with Crippen LogP contribution in [-0.2, 0) is 0 Å². The predicted molar refractivity (Wildman–Crippen MR) is 72.5 cm³/mol. The van der Waals surface area contributed by atoms with Gasteiger partial charge in [-0.3, -0.25) is 0 Å². The van der Waals surface area contributed by atoms with E-state index in [1.54, 1.807) is 6.92 Å². The Bertz CT molecular complexity index is 433. The number of hydrogen-bond donors (Lipinski definition) is 2. The number of anilines is 1. The van der Waals surface area contributed by atoms with E-state index >= 15 is 0 Å². The summed E-state index contributed by atoms with van der Waals surface area (Å²) in [6, 6.07) is 0. The molecule has 0 amide bonds. The maximum absolute atomic E-state index is 10.9. The normalized spacial score (nSPS) is 20.9. The number of rotatable bonds is 4. The standard InChI is InChI=1S/C12H19N3O2S/c1-8-10(11(16)17)14-12(18-8)13-6-9-4-3-5-15(2)7-9/h9H,3-7H2,1-2H3,(H,13,14)(H,16,17). The minimum absolute atomic E-state index is 0.170. The number of thiazole rings is 1. The van der Waals surface area contributed by atoms with Crippen molar-refractivity contribution in [3.63, 3.8) is 0 Å². The fraction of sp³-hybridized carbons (Fsp3) is 0.667. The lowest BCUT2D eigenvalue weighted by molar-refractivity contribution is 0.0690. The lowest BCUT2D eigenvalue weighted by atomic mass is 9.99. The van der Waals surface area contributed by atoms with E-state index in [2.05, 4.69) is 22.2 Å². The molecule has 100 valence electrons. The number of carboxylic acid groups (broad SMARTS) is 1. The van der Waals surface area contributed by atoms with Crippen LogP contribution < -0.4 is 5.32 Å². The molecule has 1 aromatic heterocycles. The first-order chi connectivity index (χ1) is 8.56. The first kappa shape index (κ1) is 13.3. The summed E-state index contributed by atoms with van der Waals surface area (Å²) in [5.41, 5.74) is 0.170. The van der Waals surface area contributed by atoms with E-state index in [-0.39, 0.29) is 5.69 Å².